The standard InChI is InChI=1S/Ba.O.W.Y.2H. The molecular formula is H2BaOWY. The molecule has 0 aliphatic heterocycles. The van der Waals surface area contributed by atoms with E-state index >= 15 is 0 Å². The van der Waals surface area contributed by atoms with Crippen molar-refractivity contribution in [3.8, 4) is 0 Å². The summed E-state index contributed by atoms with van der Waals surface area (Å²) in [5.74, 6) is 0. The number of rotatable bonds is 0. The molecule has 0 N–H and O–H groups in total. The van der Waals surface area contributed by atoms with Crippen molar-refractivity contribution in [1.29, 1.82) is 0 Å². The maximum absolute atomic E-state index is 8.33. The van der Waals surface area contributed by atoms with E-state index in [-0.39, 0.29) is 81.6 Å². The van der Waals surface area contributed by atoms with E-state index in [0.29, 0.717) is 19.8 Å². The predicted octanol–water partition coefficient (Wildman–Crippen LogP) is -1.04. The van der Waals surface area contributed by atoms with Crippen molar-refractivity contribution in [2.24, 2.45) is 0 Å². The molecule has 0 amide bonds. The summed E-state index contributed by atoms with van der Waals surface area (Å²) >= 11 is 0.333. The summed E-state index contributed by atoms with van der Waals surface area (Å²) in [4.78, 5) is 0. The monoisotopic (exact) mass is 429 g/mol. The van der Waals surface area contributed by atoms with Crippen LogP contribution in [0.25, 0.3) is 0 Å². The molecule has 0 aromatic rings. The summed E-state index contributed by atoms with van der Waals surface area (Å²) in [6.07, 6.45) is 0. The summed E-state index contributed by atoms with van der Waals surface area (Å²) in [6, 6.07) is 0. The second-order valence-electron chi connectivity index (χ2n) is 0. The molecule has 0 saturated heterocycles. The van der Waals surface area contributed by atoms with Crippen LogP contribution >= 0.6 is 0 Å². The molecule has 0 aliphatic carbocycles. The molecular weight excluding hydrogens is 426 g/mol. The first-order valence-electron chi connectivity index (χ1n) is 0.167. The minimum atomic E-state index is 0. The van der Waals surface area contributed by atoms with Crippen molar-refractivity contribution >= 4 is 48.9 Å². The first-order chi connectivity index (χ1) is 1.00. The summed E-state index contributed by atoms with van der Waals surface area (Å²) in [6.45, 7) is 0. The number of hydrogen-bond donors (Lipinski definition) is 0. The quantitative estimate of drug-likeness (QED) is 0.451. The fourth-order valence-electron chi connectivity index (χ4n) is 0. The van der Waals surface area contributed by atoms with Gasteiger partial charge in [-0.2, -0.15) is 0 Å². The van der Waals surface area contributed by atoms with E-state index in [4.69, 9.17) is 3.40 Å². The van der Waals surface area contributed by atoms with Crippen LogP contribution in [0.1, 0.15) is 0 Å². The smallest absolute Gasteiger partial charge is 0 e. The van der Waals surface area contributed by atoms with Crippen molar-refractivity contribution in [3.63, 3.8) is 0 Å². The van der Waals surface area contributed by atoms with Gasteiger partial charge in [-0.15, -0.1) is 0 Å². The average molecular weight is 428 g/mol. The van der Waals surface area contributed by atoms with Crippen LogP contribution in [0.3, 0.4) is 0 Å². The minimum Gasteiger partial charge on any atom is 0 e. The average Bonchev–Trinajstić information content (AvgIpc) is 1.00. The Bertz CT molecular complexity index is 8.00. The van der Waals surface area contributed by atoms with E-state index in [1.807, 2.05) is 0 Å². The first kappa shape index (κ1) is 15.7. The fraction of sp³-hybridized carbons (Fsp3) is 0. The van der Waals surface area contributed by atoms with Gasteiger partial charge in [-0.3, -0.25) is 0 Å². The Morgan fingerprint density at radius 3 is 1.25 bits per heavy atom. The summed E-state index contributed by atoms with van der Waals surface area (Å²) in [7, 11) is 0. The maximum Gasteiger partial charge on any atom is 0 e. The van der Waals surface area contributed by atoms with E-state index in [0.717, 1.165) is 0 Å². The van der Waals surface area contributed by atoms with Crippen LogP contribution in [0.15, 0.2) is 0 Å². The van der Waals surface area contributed by atoms with Gasteiger partial charge < -0.3 is 0 Å². The van der Waals surface area contributed by atoms with Gasteiger partial charge in [-0.1, -0.05) is 0 Å². The van der Waals surface area contributed by atoms with Gasteiger partial charge in [0.1, 0.15) is 0 Å². The van der Waals surface area contributed by atoms with Gasteiger partial charge in [0.25, 0.3) is 0 Å². The molecule has 19 valence electrons. The van der Waals surface area contributed by atoms with Gasteiger partial charge in [0, 0.05) is 32.7 Å². The van der Waals surface area contributed by atoms with Crippen molar-refractivity contribution in [2.45, 2.75) is 0 Å². The molecule has 1 radical (unpaired) electrons. The van der Waals surface area contributed by atoms with Gasteiger partial charge >= 0.3 is 72.1 Å². The minimum absolute atomic E-state index is 0. The van der Waals surface area contributed by atoms with Crippen LogP contribution in [0.4, 0.5) is 0 Å². The maximum atomic E-state index is 8.33. The molecule has 0 bridgehead atoms. The summed E-state index contributed by atoms with van der Waals surface area (Å²) in [5, 5.41) is 0. The molecule has 4 heavy (non-hydrogen) atoms. The zero-order valence-electron chi connectivity index (χ0n) is 1.39. The Kier molecular flexibility index (Phi) is 64.4. The van der Waals surface area contributed by atoms with Gasteiger partial charge in [0.05, 0.1) is 0 Å². The normalized spacial score (nSPS) is 1.00. The van der Waals surface area contributed by atoms with Gasteiger partial charge in [0.2, 0.25) is 0 Å². The Hall–Kier alpha value is 3.16. The van der Waals surface area contributed by atoms with Crippen LogP contribution in [0.2, 0.25) is 0 Å². The van der Waals surface area contributed by atoms with E-state index in [1.54, 1.807) is 0 Å². The van der Waals surface area contributed by atoms with Crippen molar-refractivity contribution in [1.82, 2.24) is 0 Å². The van der Waals surface area contributed by atoms with E-state index < -0.39 is 0 Å². The molecule has 0 unspecified atom stereocenters. The van der Waals surface area contributed by atoms with Crippen molar-refractivity contribution in [2.75, 3.05) is 0 Å². The zero-order valence-corrected chi connectivity index (χ0v) is 7.17. The Morgan fingerprint density at radius 2 is 1.25 bits per heavy atom. The van der Waals surface area contributed by atoms with Gasteiger partial charge in [-0.25, -0.2) is 0 Å². The second-order valence-corrected chi connectivity index (χ2v) is 0. The van der Waals surface area contributed by atoms with Crippen molar-refractivity contribution < 1.29 is 55.9 Å². The molecule has 0 atom stereocenters. The third-order valence-corrected chi connectivity index (χ3v) is 0. The third-order valence-electron chi connectivity index (χ3n) is 0. The van der Waals surface area contributed by atoms with Crippen LogP contribution in [0.5, 0.6) is 0 Å². The first-order valence-corrected chi connectivity index (χ1v) is 1.36. The third kappa shape index (κ3) is 8.94. The SMILES string of the molecule is [BaH2].[O]=[W].[Y]. The molecule has 1 nitrogen and oxygen atoms in total. The van der Waals surface area contributed by atoms with Crippen LogP contribution in [0, 0.1) is 0 Å². The molecule has 0 aromatic carbocycles. The largest absolute Gasteiger partial charge is 0 e. The molecule has 0 aromatic heterocycles. The van der Waals surface area contributed by atoms with Crippen LogP contribution in [-0.2, 0) is 55.9 Å². The number of hydrogen-bond acceptors (Lipinski definition) is 1. The Morgan fingerprint density at radius 1 is 1.25 bits per heavy atom. The van der Waals surface area contributed by atoms with E-state index in [2.05, 4.69) is 0 Å². The summed E-state index contributed by atoms with van der Waals surface area (Å²) in [5.41, 5.74) is 0. The predicted molar refractivity (Wildman–Crippen MR) is 9.23 cm³/mol. The Labute approximate surface area is 102 Å². The topological polar surface area (TPSA) is 17.1 Å². The zero-order chi connectivity index (χ0) is 2.00. The van der Waals surface area contributed by atoms with Gasteiger partial charge in [-0.05, 0) is 0 Å². The van der Waals surface area contributed by atoms with Crippen LogP contribution < -0.4 is 0 Å². The molecule has 0 fully saturated rings. The second kappa shape index (κ2) is 16.4. The molecule has 0 saturated carbocycles. The Balaban J connectivity index is -0.00000000500. The molecule has 0 rings (SSSR count). The molecule has 4 heteroatoms. The molecule has 0 spiro atoms. The summed E-state index contributed by atoms with van der Waals surface area (Å²) < 4.78 is 8.33. The molecule has 0 heterocycles. The molecule has 0 aliphatic rings. The van der Waals surface area contributed by atoms with Crippen molar-refractivity contribution in [3.05, 3.63) is 0 Å². The van der Waals surface area contributed by atoms with E-state index in [9.17, 15) is 0 Å². The van der Waals surface area contributed by atoms with E-state index in [1.165, 1.54) is 0 Å². The van der Waals surface area contributed by atoms with Gasteiger partial charge in [0.15, 0.2) is 0 Å². The van der Waals surface area contributed by atoms with Crippen LogP contribution in [-0.4, -0.2) is 48.9 Å². The fourth-order valence-corrected chi connectivity index (χ4v) is 0.